The largest absolute Gasteiger partial charge is 0.508 e. The number of Topliss-reactive ketones (excluding diaryl/α,β-unsaturated/α-hetero) is 1. The number of carbonyl (C=O) groups excluding carboxylic acids is 1. The maximum absolute atomic E-state index is 12.6. The Bertz CT molecular complexity index is 736. The smallest absolute Gasteiger partial charge is 0.177 e. The van der Waals surface area contributed by atoms with E-state index in [-0.39, 0.29) is 29.6 Å². The van der Waals surface area contributed by atoms with Crippen molar-refractivity contribution < 1.29 is 24.9 Å². The van der Waals surface area contributed by atoms with Crippen LogP contribution >= 0.6 is 0 Å². The van der Waals surface area contributed by atoms with Crippen LogP contribution in [0.3, 0.4) is 0 Å². The predicted octanol–water partition coefficient (Wildman–Crippen LogP) is 2.47. The van der Waals surface area contributed by atoms with Crippen molar-refractivity contribution in [3.05, 3.63) is 47.0 Å². The van der Waals surface area contributed by atoms with E-state index in [0.717, 1.165) is 0 Å². The lowest BCUT2D eigenvalue weighted by Crippen LogP contribution is -2.26. The third-order valence-corrected chi connectivity index (χ3v) is 3.76. The van der Waals surface area contributed by atoms with E-state index < -0.39 is 5.92 Å². The fourth-order valence-corrected chi connectivity index (χ4v) is 2.50. The summed E-state index contributed by atoms with van der Waals surface area (Å²) in [6, 6.07) is 7.28. The number of hydrogen-bond acceptors (Lipinski definition) is 5. The first-order valence-electron chi connectivity index (χ1n) is 6.50. The van der Waals surface area contributed by atoms with E-state index in [1.165, 1.54) is 24.3 Å². The van der Waals surface area contributed by atoms with Gasteiger partial charge in [0, 0.05) is 5.56 Å². The molecule has 5 nitrogen and oxygen atoms in total. The molecule has 3 N–H and O–H groups in total. The predicted molar refractivity (Wildman–Crippen MR) is 75.2 cm³/mol. The van der Waals surface area contributed by atoms with Crippen molar-refractivity contribution in [2.24, 2.45) is 0 Å². The molecule has 0 fully saturated rings. The SMILES string of the molecule is Cc1c(O)ccc2c1OCC(c1ccc(O)c(O)c1)C2=O. The maximum Gasteiger partial charge on any atom is 0.177 e. The van der Waals surface area contributed by atoms with Gasteiger partial charge in [0.1, 0.15) is 18.1 Å². The second-order valence-corrected chi connectivity index (χ2v) is 5.06. The first kappa shape index (κ1) is 13.3. The van der Waals surface area contributed by atoms with Crippen molar-refractivity contribution in [3.8, 4) is 23.0 Å². The molecular weight excluding hydrogens is 272 g/mol. The van der Waals surface area contributed by atoms with Crippen LogP contribution in [0.5, 0.6) is 23.0 Å². The molecule has 1 unspecified atom stereocenters. The van der Waals surface area contributed by atoms with Crippen molar-refractivity contribution in [3.63, 3.8) is 0 Å². The van der Waals surface area contributed by atoms with Crippen LogP contribution in [0.4, 0.5) is 0 Å². The Kier molecular flexibility index (Phi) is 2.97. The van der Waals surface area contributed by atoms with Crippen LogP contribution in [0.25, 0.3) is 0 Å². The molecule has 0 aromatic heterocycles. The molecule has 0 amide bonds. The lowest BCUT2D eigenvalue weighted by atomic mass is 9.88. The number of benzene rings is 2. The highest BCUT2D eigenvalue weighted by Crippen LogP contribution is 2.39. The van der Waals surface area contributed by atoms with E-state index in [0.29, 0.717) is 22.4 Å². The summed E-state index contributed by atoms with van der Waals surface area (Å²) in [5.74, 6) is -0.698. The van der Waals surface area contributed by atoms with Gasteiger partial charge in [-0.15, -0.1) is 0 Å². The number of ether oxygens (including phenoxy) is 1. The van der Waals surface area contributed by atoms with E-state index in [4.69, 9.17) is 4.74 Å². The number of hydrogen-bond donors (Lipinski definition) is 3. The Morgan fingerprint density at radius 1 is 1.05 bits per heavy atom. The number of rotatable bonds is 1. The maximum atomic E-state index is 12.6. The van der Waals surface area contributed by atoms with Gasteiger partial charge in [-0.1, -0.05) is 6.07 Å². The second-order valence-electron chi connectivity index (χ2n) is 5.06. The highest BCUT2D eigenvalue weighted by Gasteiger charge is 2.32. The molecule has 1 heterocycles. The normalized spacial score (nSPS) is 17.2. The molecule has 2 aromatic carbocycles. The minimum absolute atomic E-state index is 0.0854. The molecular formula is C16H14O5. The summed E-state index contributed by atoms with van der Waals surface area (Å²) in [7, 11) is 0. The molecule has 0 radical (unpaired) electrons. The van der Waals surface area contributed by atoms with E-state index in [1.807, 2.05) is 0 Å². The zero-order valence-electron chi connectivity index (χ0n) is 11.3. The summed E-state index contributed by atoms with van der Waals surface area (Å²) in [5.41, 5.74) is 1.52. The minimum atomic E-state index is -0.548. The van der Waals surface area contributed by atoms with Crippen LogP contribution in [0.15, 0.2) is 30.3 Å². The molecule has 21 heavy (non-hydrogen) atoms. The number of phenols is 3. The Labute approximate surface area is 121 Å². The standard InChI is InChI=1S/C16H14O5/c1-8-12(17)5-3-10-15(20)11(7-21-16(8)10)9-2-4-13(18)14(19)6-9/h2-6,11,17-19H,7H2,1H3. The quantitative estimate of drug-likeness (QED) is 0.701. The van der Waals surface area contributed by atoms with Crippen molar-refractivity contribution >= 4 is 5.78 Å². The van der Waals surface area contributed by atoms with Gasteiger partial charge in [-0.05, 0) is 36.8 Å². The number of fused-ring (bicyclic) bond motifs is 1. The molecule has 2 aromatic rings. The van der Waals surface area contributed by atoms with E-state index in [1.54, 1.807) is 13.0 Å². The molecule has 0 saturated carbocycles. The second kappa shape index (κ2) is 4.70. The van der Waals surface area contributed by atoms with Crippen molar-refractivity contribution in [2.45, 2.75) is 12.8 Å². The van der Waals surface area contributed by atoms with Gasteiger partial charge in [0.25, 0.3) is 0 Å². The van der Waals surface area contributed by atoms with Gasteiger partial charge < -0.3 is 20.1 Å². The summed E-state index contributed by atoms with van der Waals surface area (Å²) in [5, 5.41) is 28.6. The number of aromatic hydroxyl groups is 3. The zero-order valence-corrected chi connectivity index (χ0v) is 11.3. The van der Waals surface area contributed by atoms with Gasteiger partial charge >= 0.3 is 0 Å². The number of carbonyl (C=O) groups is 1. The summed E-state index contributed by atoms with van der Waals surface area (Å²) in [6.45, 7) is 1.81. The summed E-state index contributed by atoms with van der Waals surface area (Å²) in [6.07, 6.45) is 0. The van der Waals surface area contributed by atoms with Crippen LogP contribution in [-0.4, -0.2) is 27.7 Å². The van der Waals surface area contributed by atoms with Gasteiger partial charge in [0.05, 0.1) is 11.5 Å². The fraction of sp³-hybridized carbons (Fsp3) is 0.188. The highest BCUT2D eigenvalue weighted by atomic mass is 16.5. The molecule has 0 saturated heterocycles. The van der Waals surface area contributed by atoms with Crippen molar-refractivity contribution in [2.75, 3.05) is 6.61 Å². The summed E-state index contributed by atoms with van der Waals surface area (Å²) < 4.78 is 5.62. The van der Waals surface area contributed by atoms with Gasteiger partial charge in [-0.3, -0.25) is 4.79 Å². The van der Waals surface area contributed by atoms with Crippen LogP contribution in [0, 0.1) is 6.92 Å². The fourth-order valence-electron chi connectivity index (χ4n) is 2.50. The molecule has 1 aliphatic rings. The molecule has 3 rings (SSSR count). The molecule has 108 valence electrons. The molecule has 0 spiro atoms. The van der Waals surface area contributed by atoms with Crippen molar-refractivity contribution in [1.82, 2.24) is 0 Å². The summed E-state index contributed by atoms with van der Waals surface area (Å²) >= 11 is 0. The average Bonchev–Trinajstić information content (AvgIpc) is 2.47. The average molecular weight is 286 g/mol. The molecule has 1 aliphatic heterocycles. The van der Waals surface area contributed by atoms with E-state index in [2.05, 4.69) is 0 Å². The lowest BCUT2D eigenvalue weighted by molar-refractivity contribution is 0.0895. The molecule has 0 aliphatic carbocycles. The van der Waals surface area contributed by atoms with Gasteiger partial charge in [-0.2, -0.15) is 0 Å². The Hall–Kier alpha value is -2.69. The molecule has 0 bridgehead atoms. The molecule has 1 atom stereocenters. The lowest BCUT2D eigenvalue weighted by Gasteiger charge is -2.26. The highest BCUT2D eigenvalue weighted by molar-refractivity contribution is 6.04. The number of phenolic OH excluding ortho intramolecular Hbond substituents is 3. The number of ketones is 1. The van der Waals surface area contributed by atoms with E-state index in [9.17, 15) is 20.1 Å². The Morgan fingerprint density at radius 3 is 2.48 bits per heavy atom. The van der Waals surface area contributed by atoms with Gasteiger partial charge in [-0.25, -0.2) is 0 Å². The first-order valence-corrected chi connectivity index (χ1v) is 6.50. The summed E-state index contributed by atoms with van der Waals surface area (Å²) in [4.78, 5) is 12.6. The third-order valence-electron chi connectivity index (χ3n) is 3.76. The van der Waals surface area contributed by atoms with Gasteiger partial charge in [0.15, 0.2) is 17.3 Å². The van der Waals surface area contributed by atoms with E-state index >= 15 is 0 Å². The molecule has 5 heteroatoms. The third kappa shape index (κ3) is 2.07. The van der Waals surface area contributed by atoms with Gasteiger partial charge in [0.2, 0.25) is 0 Å². The van der Waals surface area contributed by atoms with Crippen molar-refractivity contribution in [1.29, 1.82) is 0 Å². The van der Waals surface area contributed by atoms with Crippen LogP contribution < -0.4 is 4.74 Å². The first-order chi connectivity index (χ1) is 9.99. The Balaban J connectivity index is 2.03. The van der Waals surface area contributed by atoms with Crippen LogP contribution in [0.1, 0.15) is 27.4 Å². The minimum Gasteiger partial charge on any atom is -0.508 e. The monoisotopic (exact) mass is 286 g/mol. The Morgan fingerprint density at radius 2 is 1.76 bits per heavy atom. The van der Waals surface area contributed by atoms with Crippen LogP contribution in [0.2, 0.25) is 0 Å². The topological polar surface area (TPSA) is 87.0 Å². The zero-order chi connectivity index (χ0) is 15.1. The van der Waals surface area contributed by atoms with Crippen LogP contribution in [-0.2, 0) is 0 Å².